The maximum Gasteiger partial charge on any atom is 0.433 e. The first-order valence-electron chi connectivity index (χ1n) is 8.80. The molecule has 3 rings (SSSR count). The monoisotopic (exact) mass is 453 g/mol. The lowest BCUT2D eigenvalue weighted by Crippen LogP contribution is -2.21. The minimum absolute atomic E-state index is 0.207. The molecule has 2 heterocycles. The number of hydrogen-bond donors (Lipinski definition) is 2. The fourth-order valence-corrected chi connectivity index (χ4v) is 2.48. The van der Waals surface area contributed by atoms with E-state index in [0.717, 1.165) is 18.2 Å². The molecule has 0 fully saturated rings. The average molecular weight is 453 g/mol. The van der Waals surface area contributed by atoms with E-state index in [4.69, 9.17) is 0 Å². The Labute approximate surface area is 177 Å². The molecular formula is C20H13F6N5O. The first-order valence-corrected chi connectivity index (χ1v) is 8.80. The molecule has 0 saturated carbocycles. The van der Waals surface area contributed by atoms with E-state index in [1.165, 1.54) is 24.7 Å². The molecule has 1 aromatic carbocycles. The summed E-state index contributed by atoms with van der Waals surface area (Å²) in [7, 11) is 0. The Balaban J connectivity index is 1.91. The van der Waals surface area contributed by atoms with Crippen molar-refractivity contribution in [2.24, 2.45) is 5.10 Å². The van der Waals surface area contributed by atoms with E-state index in [9.17, 15) is 31.1 Å². The Morgan fingerprint density at radius 2 is 1.66 bits per heavy atom. The highest BCUT2D eigenvalue weighted by Crippen LogP contribution is 2.33. The molecule has 6 nitrogen and oxygen atoms in total. The molecule has 32 heavy (non-hydrogen) atoms. The summed E-state index contributed by atoms with van der Waals surface area (Å²) < 4.78 is 78.1. The van der Waals surface area contributed by atoms with Gasteiger partial charge in [-0.1, -0.05) is 6.07 Å². The number of benzene rings is 1. The number of nitrogens with zero attached hydrogens (tertiary/aromatic N) is 3. The summed E-state index contributed by atoms with van der Waals surface area (Å²) in [5.74, 6) is -1.51. The molecule has 12 heteroatoms. The predicted molar refractivity (Wildman–Crippen MR) is 103 cm³/mol. The number of carbonyl (C=O) groups is 1. The second-order valence-corrected chi connectivity index (χ2v) is 6.27. The molecule has 0 aliphatic carbocycles. The van der Waals surface area contributed by atoms with Gasteiger partial charge in [-0.25, -0.2) is 10.4 Å². The Kier molecular flexibility index (Phi) is 6.42. The van der Waals surface area contributed by atoms with Gasteiger partial charge in [0.05, 0.1) is 17.3 Å². The molecule has 0 atom stereocenters. The Hall–Kier alpha value is -3.96. The van der Waals surface area contributed by atoms with Crippen LogP contribution in [-0.4, -0.2) is 22.1 Å². The zero-order valence-electron chi connectivity index (χ0n) is 15.9. The normalized spacial score (nSPS) is 12.1. The minimum atomic E-state index is -4.83. The van der Waals surface area contributed by atoms with Crippen LogP contribution in [0.5, 0.6) is 0 Å². The van der Waals surface area contributed by atoms with Gasteiger partial charge in [0.15, 0.2) is 0 Å². The van der Waals surface area contributed by atoms with Gasteiger partial charge in [-0.2, -0.15) is 31.4 Å². The van der Waals surface area contributed by atoms with E-state index < -0.39 is 35.3 Å². The Morgan fingerprint density at radius 3 is 2.31 bits per heavy atom. The van der Waals surface area contributed by atoms with Gasteiger partial charge in [-0.05, 0) is 48.0 Å². The molecule has 0 bridgehead atoms. The number of nitrogens with one attached hydrogen (secondary N) is 2. The van der Waals surface area contributed by atoms with Gasteiger partial charge in [-0.15, -0.1) is 0 Å². The summed E-state index contributed by atoms with van der Waals surface area (Å²) in [5, 5.41) is 6.06. The van der Waals surface area contributed by atoms with Crippen molar-refractivity contribution in [3.63, 3.8) is 0 Å². The molecular weight excluding hydrogens is 440 g/mol. The van der Waals surface area contributed by atoms with Crippen LogP contribution in [0.15, 0.2) is 66.0 Å². The molecule has 2 aromatic heterocycles. The van der Waals surface area contributed by atoms with Gasteiger partial charge >= 0.3 is 12.4 Å². The molecule has 0 aliphatic heterocycles. The first-order chi connectivity index (χ1) is 15.0. The standard InChI is InChI=1S/C20H13F6N5O/c21-19(22,23)13-2-1-3-14(10-13)29-17-15(4-5-16(30-17)20(24,25)26)18(32)31-28-11-12-6-8-27-9-7-12/h1-11H,(H,29,30)(H,31,32)/b28-11+. The van der Waals surface area contributed by atoms with E-state index in [1.54, 1.807) is 12.1 Å². The SMILES string of the molecule is O=C(N/N=C/c1ccncc1)c1ccc(C(F)(F)F)nc1Nc1cccc(C(F)(F)F)c1. The molecule has 0 saturated heterocycles. The number of hydrazone groups is 1. The van der Waals surface area contributed by atoms with Gasteiger partial charge in [0.2, 0.25) is 0 Å². The van der Waals surface area contributed by atoms with Gasteiger partial charge in [0.25, 0.3) is 5.91 Å². The highest BCUT2D eigenvalue weighted by molar-refractivity contribution is 5.99. The maximum absolute atomic E-state index is 13.1. The van der Waals surface area contributed by atoms with Gasteiger partial charge in [-0.3, -0.25) is 9.78 Å². The van der Waals surface area contributed by atoms with Crippen molar-refractivity contribution < 1.29 is 31.1 Å². The highest BCUT2D eigenvalue weighted by Gasteiger charge is 2.34. The Bertz CT molecular complexity index is 1130. The summed E-state index contributed by atoms with van der Waals surface area (Å²) in [6, 6.07) is 8.36. The van der Waals surface area contributed by atoms with Crippen molar-refractivity contribution in [2.45, 2.75) is 12.4 Å². The van der Waals surface area contributed by atoms with Crippen molar-refractivity contribution >= 4 is 23.6 Å². The van der Waals surface area contributed by atoms with Crippen LogP contribution in [0.2, 0.25) is 0 Å². The minimum Gasteiger partial charge on any atom is -0.340 e. The smallest absolute Gasteiger partial charge is 0.340 e. The lowest BCUT2D eigenvalue weighted by molar-refractivity contribution is -0.141. The van der Waals surface area contributed by atoms with Gasteiger partial charge < -0.3 is 5.32 Å². The van der Waals surface area contributed by atoms with Crippen molar-refractivity contribution in [3.8, 4) is 0 Å². The zero-order valence-corrected chi connectivity index (χ0v) is 15.9. The summed E-state index contributed by atoms with van der Waals surface area (Å²) in [6.45, 7) is 0. The highest BCUT2D eigenvalue weighted by atomic mass is 19.4. The van der Waals surface area contributed by atoms with Crippen molar-refractivity contribution in [2.75, 3.05) is 5.32 Å². The summed E-state index contributed by atoms with van der Waals surface area (Å²) in [6.07, 6.45) is -5.25. The van der Waals surface area contributed by atoms with Crippen LogP contribution in [0, 0.1) is 0 Å². The molecule has 166 valence electrons. The number of pyridine rings is 2. The van der Waals surface area contributed by atoms with Crippen molar-refractivity contribution in [3.05, 3.63) is 83.3 Å². The predicted octanol–water partition coefficient (Wildman–Crippen LogP) is 5.02. The van der Waals surface area contributed by atoms with Crippen LogP contribution in [0.1, 0.15) is 27.2 Å². The van der Waals surface area contributed by atoms with Crippen LogP contribution in [0.3, 0.4) is 0 Å². The van der Waals surface area contributed by atoms with Crippen LogP contribution < -0.4 is 10.7 Å². The van der Waals surface area contributed by atoms with Gasteiger partial charge in [0.1, 0.15) is 11.5 Å². The second kappa shape index (κ2) is 9.04. The topological polar surface area (TPSA) is 79.3 Å². The molecule has 2 N–H and O–H groups in total. The fraction of sp³-hybridized carbons (Fsp3) is 0.100. The molecule has 0 aliphatic rings. The van der Waals surface area contributed by atoms with Crippen molar-refractivity contribution in [1.29, 1.82) is 0 Å². The number of hydrogen-bond acceptors (Lipinski definition) is 5. The number of halogens is 6. The fourth-order valence-electron chi connectivity index (χ4n) is 2.48. The lowest BCUT2D eigenvalue weighted by Gasteiger charge is -2.14. The van der Waals surface area contributed by atoms with Crippen LogP contribution in [0.25, 0.3) is 0 Å². The van der Waals surface area contributed by atoms with Crippen molar-refractivity contribution in [1.82, 2.24) is 15.4 Å². The van der Waals surface area contributed by atoms with E-state index in [-0.39, 0.29) is 11.3 Å². The maximum atomic E-state index is 13.1. The van der Waals surface area contributed by atoms with E-state index in [2.05, 4.69) is 25.8 Å². The molecule has 1 amide bonds. The van der Waals surface area contributed by atoms with E-state index in [0.29, 0.717) is 17.7 Å². The quantitative estimate of drug-likeness (QED) is 0.323. The van der Waals surface area contributed by atoms with E-state index in [1.807, 2.05) is 0 Å². The number of rotatable bonds is 5. The second-order valence-electron chi connectivity index (χ2n) is 6.27. The molecule has 0 radical (unpaired) electrons. The van der Waals surface area contributed by atoms with E-state index >= 15 is 0 Å². The zero-order chi connectivity index (χ0) is 23.4. The van der Waals surface area contributed by atoms with Crippen LogP contribution in [-0.2, 0) is 12.4 Å². The third-order valence-electron chi connectivity index (χ3n) is 3.97. The largest absolute Gasteiger partial charge is 0.433 e. The van der Waals surface area contributed by atoms with Crippen LogP contribution >= 0.6 is 0 Å². The summed E-state index contributed by atoms with van der Waals surface area (Å²) in [4.78, 5) is 19.6. The first kappa shape index (κ1) is 22.7. The molecule has 0 spiro atoms. The average Bonchev–Trinajstić information content (AvgIpc) is 2.73. The number of anilines is 2. The number of amides is 1. The number of carbonyl (C=O) groups excluding carboxylic acids is 1. The third kappa shape index (κ3) is 5.80. The third-order valence-corrected chi connectivity index (χ3v) is 3.97. The number of alkyl halides is 6. The molecule has 3 aromatic rings. The Morgan fingerprint density at radius 1 is 0.938 bits per heavy atom. The number of aromatic nitrogens is 2. The summed E-state index contributed by atoms with van der Waals surface area (Å²) in [5.41, 5.74) is -0.195. The summed E-state index contributed by atoms with van der Waals surface area (Å²) >= 11 is 0. The lowest BCUT2D eigenvalue weighted by atomic mass is 10.1. The van der Waals surface area contributed by atoms with Gasteiger partial charge in [0, 0.05) is 18.1 Å². The van der Waals surface area contributed by atoms with Crippen LogP contribution in [0.4, 0.5) is 37.8 Å². The molecule has 0 unspecified atom stereocenters.